The van der Waals surface area contributed by atoms with Gasteiger partial charge in [-0.15, -0.1) is 0 Å². The number of amides is 1. The zero-order chi connectivity index (χ0) is 20.5. The third-order valence-corrected chi connectivity index (χ3v) is 5.92. The average Bonchev–Trinajstić information content (AvgIpc) is 3.10. The van der Waals surface area contributed by atoms with Crippen LogP contribution in [0, 0.1) is 0 Å². The first-order valence-electron chi connectivity index (χ1n) is 9.27. The van der Waals surface area contributed by atoms with Gasteiger partial charge in [0.25, 0.3) is 15.9 Å². The Balaban J connectivity index is 1.77. The number of carbonyl (C=O) groups is 1. The lowest BCUT2D eigenvalue weighted by Crippen LogP contribution is -2.40. The molecule has 0 aliphatic carbocycles. The van der Waals surface area contributed by atoms with Crippen molar-refractivity contribution in [3.8, 4) is 5.75 Å². The Bertz CT molecular complexity index is 973. The van der Waals surface area contributed by atoms with E-state index in [1.54, 1.807) is 25.7 Å². The molecule has 2 aromatic rings. The molecular formula is C20H26N2O5S. The van der Waals surface area contributed by atoms with Gasteiger partial charge in [0, 0.05) is 18.6 Å². The summed E-state index contributed by atoms with van der Waals surface area (Å²) in [5, 5.41) is -0.262. The smallest absolute Gasteiger partial charge is 0.289 e. The molecule has 0 spiro atoms. The highest BCUT2D eigenvalue weighted by Crippen LogP contribution is 2.26. The van der Waals surface area contributed by atoms with E-state index in [9.17, 15) is 13.2 Å². The number of sulfonamides is 1. The van der Waals surface area contributed by atoms with Crippen LogP contribution in [0.15, 0.2) is 39.8 Å². The highest BCUT2D eigenvalue weighted by atomic mass is 32.2. The first-order valence-corrected chi connectivity index (χ1v) is 10.7. The highest BCUT2D eigenvalue weighted by Gasteiger charge is 2.29. The van der Waals surface area contributed by atoms with Gasteiger partial charge in [-0.3, -0.25) is 4.79 Å². The van der Waals surface area contributed by atoms with Gasteiger partial charge in [0.05, 0.1) is 6.61 Å². The Morgan fingerprint density at radius 1 is 1.21 bits per heavy atom. The van der Waals surface area contributed by atoms with Gasteiger partial charge in [-0.2, -0.15) is 0 Å². The number of fused-ring (bicyclic) bond motifs is 1. The molecule has 1 N–H and O–H groups in total. The summed E-state index contributed by atoms with van der Waals surface area (Å²) < 4.78 is 38.2. The Labute approximate surface area is 165 Å². The second-order valence-electron chi connectivity index (χ2n) is 7.81. The number of benzene rings is 1. The summed E-state index contributed by atoms with van der Waals surface area (Å²) in [6, 6.07) is 8.63. The molecule has 152 valence electrons. The molecule has 1 aliphatic rings. The average molecular weight is 407 g/mol. The minimum absolute atomic E-state index is 0.0127. The normalized spacial score (nSPS) is 14.6. The lowest BCUT2D eigenvalue weighted by molar-refractivity contribution is 0.0696. The van der Waals surface area contributed by atoms with Gasteiger partial charge < -0.3 is 14.1 Å². The van der Waals surface area contributed by atoms with Gasteiger partial charge in [0.15, 0.2) is 5.76 Å². The van der Waals surface area contributed by atoms with Gasteiger partial charge in [-0.25, -0.2) is 13.1 Å². The monoisotopic (exact) mass is 406 g/mol. The predicted octanol–water partition coefficient (Wildman–Crippen LogP) is 2.95. The van der Waals surface area contributed by atoms with Crippen molar-refractivity contribution in [3.63, 3.8) is 0 Å². The summed E-state index contributed by atoms with van der Waals surface area (Å²) in [5.74, 6) is 0.457. The third kappa shape index (κ3) is 4.56. The van der Waals surface area contributed by atoms with Crippen LogP contribution in [-0.4, -0.2) is 37.9 Å². The fourth-order valence-corrected chi connectivity index (χ4v) is 4.51. The Hall–Kier alpha value is -2.32. The molecule has 2 heterocycles. The summed E-state index contributed by atoms with van der Waals surface area (Å²) in [6.45, 7) is 8.69. The van der Waals surface area contributed by atoms with E-state index in [0.29, 0.717) is 19.7 Å². The van der Waals surface area contributed by atoms with Crippen LogP contribution in [0.1, 0.15) is 49.4 Å². The van der Waals surface area contributed by atoms with Gasteiger partial charge in [0.1, 0.15) is 5.75 Å². The zero-order valence-electron chi connectivity index (χ0n) is 16.6. The topological polar surface area (TPSA) is 88.8 Å². The molecule has 3 rings (SSSR count). The Kier molecular flexibility index (Phi) is 5.54. The van der Waals surface area contributed by atoms with Gasteiger partial charge in [0.2, 0.25) is 5.09 Å². The maximum Gasteiger partial charge on any atom is 0.289 e. The van der Waals surface area contributed by atoms with Gasteiger partial charge in [-0.05, 0) is 69.5 Å². The summed E-state index contributed by atoms with van der Waals surface area (Å²) in [7, 11) is -3.83. The van der Waals surface area contributed by atoms with Crippen molar-refractivity contribution in [1.82, 2.24) is 9.62 Å². The number of hydrogen-bond donors (Lipinski definition) is 1. The molecule has 0 fully saturated rings. The van der Waals surface area contributed by atoms with Crippen molar-refractivity contribution >= 4 is 15.9 Å². The molecular weight excluding hydrogens is 380 g/mol. The van der Waals surface area contributed by atoms with Crippen molar-refractivity contribution in [1.29, 1.82) is 0 Å². The maximum absolute atomic E-state index is 12.8. The molecule has 1 amide bonds. The van der Waals surface area contributed by atoms with Crippen LogP contribution in [-0.2, 0) is 23.0 Å². The van der Waals surface area contributed by atoms with E-state index in [4.69, 9.17) is 9.15 Å². The highest BCUT2D eigenvalue weighted by molar-refractivity contribution is 7.89. The molecule has 1 aromatic heterocycles. The van der Waals surface area contributed by atoms with Crippen LogP contribution in [0.25, 0.3) is 0 Å². The number of ether oxygens (including phenoxy) is 1. The van der Waals surface area contributed by atoms with Crippen LogP contribution >= 0.6 is 0 Å². The van der Waals surface area contributed by atoms with Crippen LogP contribution in [0.5, 0.6) is 5.75 Å². The van der Waals surface area contributed by atoms with E-state index in [1.165, 1.54) is 17.7 Å². The molecule has 28 heavy (non-hydrogen) atoms. The summed E-state index contributed by atoms with van der Waals surface area (Å²) >= 11 is 0. The molecule has 0 atom stereocenters. The molecule has 8 heteroatoms. The molecule has 7 nitrogen and oxygen atoms in total. The fourth-order valence-electron chi connectivity index (χ4n) is 3.15. The third-order valence-electron chi connectivity index (χ3n) is 4.29. The molecule has 0 saturated carbocycles. The second kappa shape index (κ2) is 7.60. The molecule has 0 saturated heterocycles. The predicted molar refractivity (Wildman–Crippen MR) is 105 cm³/mol. The Morgan fingerprint density at radius 3 is 2.64 bits per heavy atom. The van der Waals surface area contributed by atoms with Crippen molar-refractivity contribution in [2.24, 2.45) is 0 Å². The lowest BCUT2D eigenvalue weighted by Gasteiger charge is -2.28. The largest absolute Gasteiger partial charge is 0.494 e. The first kappa shape index (κ1) is 20.4. The SMILES string of the molecule is CCOc1ccc2c(c1)CN(C(=O)c1ccc(S(=O)(=O)NC(C)(C)C)o1)CC2. The van der Waals surface area contributed by atoms with E-state index in [-0.39, 0.29) is 16.8 Å². The summed E-state index contributed by atoms with van der Waals surface area (Å²) in [4.78, 5) is 14.5. The van der Waals surface area contributed by atoms with Gasteiger partial charge >= 0.3 is 0 Å². The second-order valence-corrected chi connectivity index (χ2v) is 9.43. The van der Waals surface area contributed by atoms with Crippen molar-refractivity contribution in [3.05, 3.63) is 47.2 Å². The number of furan rings is 1. The lowest BCUT2D eigenvalue weighted by atomic mass is 9.99. The molecule has 0 unspecified atom stereocenters. The summed E-state index contributed by atoms with van der Waals surface area (Å²) in [5.41, 5.74) is 1.56. The van der Waals surface area contributed by atoms with Crippen LogP contribution in [0.3, 0.4) is 0 Å². The molecule has 0 radical (unpaired) electrons. The standard InChI is InChI=1S/C20H26N2O5S/c1-5-26-16-7-6-14-10-11-22(13-15(14)12-16)19(23)17-8-9-18(27-17)28(24,25)21-20(2,3)4/h6-9,12,21H,5,10-11,13H2,1-4H3. The van der Waals surface area contributed by atoms with Crippen LogP contribution in [0.2, 0.25) is 0 Å². The van der Waals surface area contributed by atoms with Crippen molar-refractivity contribution < 1.29 is 22.4 Å². The fraction of sp³-hybridized carbons (Fsp3) is 0.450. The minimum atomic E-state index is -3.83. The maximum atomic E-state index is 12.8. The first-order chi connectivity index (χ1) is 13.1. The van der Waals surface area contributed by atoms with Crippen molar-refractivity contribution in [2.75, 3.05) is 13.2 Å². The summed E-state index contributed by atoms with van der Waals surface area (Å²) in [6.07, 6.45) is 0.727. The van der Waals surface area contributed by atoms with E-state index >= 15 is 0 Å². The van der Waals surface area contributed by atoms with Gasteiger partial charge in [-0.1, -0.05) is 6.07 Å². The molecule has 1 aliphatic heterocycles. The molecule has 1 aromatic carbocycles. The number of hydrogen-bond acceptors (Lipinski definition) is 5. The van der Waals surface area contributed by atoms with E-state index in [0.717, 1.165) is 17.7 Å². The van der Waals surface area contributed by atoms with E-state index in [2.05, 4.69) is 4.72 Å². The van der Waals surface area contributed by atoms with Crippen LogP contribution in [0.4, 0.5) is 0 Å². The van der Waals surface area contributed by atoms with Crippen molar-refractivity contribution in [2.45, 2.75) is 51.3 Å². The minimum Gasteiger partial charge on any atom is -0.494 e. The number of rotatable bonds is 5. The number of carbonyl (C=O) groups excluding carboxylic acids is 1. The van der Waals surface area contributed by atoms with Crippen LogP contribution < -0.4 is 9.46 Å². The van der Waals surface area contributed by atoms with E-state index < -0.39 is 15.6 Å². The quantitative estimate of drug-likeness (QED) is 0.825. The van der Waals surface area contributed by atoms with E-state index in [1.807, 2.05) is 25.1 Å². The number of nitrogens with one attached hydrogen (secondary N) is 1. The Morgan fingerprint density at radius 2 is 1.96 bits per heavy atom. The number of nitrogens with zero attached hydrogens (tertiary/aromatic N) is 1. The zero-order valence-corrected chi connectivity index (χ0v) is 17.4. The molecule has 0 bridgehead atoms.